The summed E-state index contributed by atoms with van der Waals surface area (Å²) in [5.74, 6) is 1.02. The second kappa shape index (κ2) is 6.37. The van der Waals surface area contributed by atoms with Crippen LogP contribution in [0.25, 0.3) is 10.9 Å². The molecule has 5 heteroatoms. The first-order chi connectivity index (χ1) is 10.3. The number of piperazine rings is 1. The number of anilines is 1. The Morgan fingerprint density at radius 1 is 1.14 bits per heavy atom. The van der Waals surface area contributed by atoms with Crippen LogP contribution in [0.4, 0.5) is 5.82 Å². The molecule has 3 rings (SSSR count). The molecule has 2 aromatic rings. The van der Waals surface area contributed by atoms with Gasteiger partial charge in [0.1, 0.15) is 12.1 Å². The van der Waals surface area contributed by atoms with E-state index in [0.29, 0.717) is 0 Å². The summed E-state index contributed by atoms with van der Waals surface area (Å²) >= 11 is 0. The Bertz CT molecular complexity index is 590. The van der Waals surface area contributed by atoms with Crippen molar-refractivity contribution in [3.05, 3.63) is 30.6 Å². The number of nitrogens with zero attached hydrogens (tertiary/aromatic N) is 4. The van der Waals surface area contributed by atoms with Crippen LogP contribution in [0.2, 0.25) is 0 Å². The summed E-state index contributed by atoms with van der Waals surface area (Å²) < 4.78 is 0. The number of hydrogen-bond donors (Lipinski definition) is 1. The molecule has 0 radical (unpaired) electrons. The molecule has 21 heavy (non-hydrogen) atoms. The predicted molar refractivity (Wildman–Crippen MR) is 84.5 cm³/mol. The molecule has 1 aromatic heterocycles. The normalized spacial score (nSPS) is 18.1. The molecule has 0 aliphatic carbocycles. The highest BCUT2D eigenvalue weighted by molar-refractivity contribution is 5.89. The average Bonchev–Trinajstić information content (AvgIpc) is 2.55. The van der Waals surface area contributed by atoms with E-state index in [9.17, 15) is 5.11 Å². The lowest BCUT2D eigenvalue weighted by Gasteiger charge is -2.36. The predicted octanol–water partition coefficient (Wildman–Crippen LogP) is 1.52. The third-order valence-electron chi connectivity index (χ3n) is 4.13. The van der Waals surface area contributed by atoms with Gasteiger partial charge < -0.3 is 10.0 Å². The van der Waals surface area contributed by atoms with Crippen molar-refractivity contribution >= 4 is 16.7 Å². The van der Waals surface area contributed by atoms with E-state index >= 15 is 0 Å². The molecule has 0 bridgehead atoms. The fourth-order valence-corrected chi connectivity index (χ4v) is 2.81. The largest absolute Gasteiger partial charge is 0.392 e. The number of rotatable bonds is 4. The van der Waals surface area contributed by atoms with Gasteiger partial charge in [0.15, 0.2) is 0 Å². The van der Waals surface area contributed by atoms with Crippen LogP contribution in [0.1, 0.15) is 13.3 Å². The van der Waals surface area contributed by atoms with Gasteiger partial charge in [0.05, 0.1) is 11.6 Å². The van der Waals surface area contributed by atoms with E-state index in [-0.39, 0.29) is 6.10 Å². The topological polar surface area (TPSA) is 52.5 Å². The van der Waals surface area contributed by atoms with Crippen LogP contribution in [-0.2, 0) is 0 Å². The smallest absolute Gasteiger partial charge is 0.139 e. The van der Waals surface area contributed by atoms with Crippen molar-refractivity contribution in [1.82, 2.24) is 14.9 Å². The molecule has 1 aliphatic rings. The van der Waals surface area contributed by atoms with Crippen LogP contribution in [0, 0.1) is 0 Å². The number of β-amino-alcohol motifs (C(OH)–C–C–N with tert-alkyl or cyclic N) is 1. The number of para-hydroxylation sites is 1. The van der Waals surface area contributed by atoms with Crippen molar-refractivity contribution in [3.8, 4) is 0 Å². The van der Waals surface area contributed by atoms with Gasteiger partial charge >= 0.3 is 0 Å². The molecule has 1 aromatic carbocycles. The third kappa shape index (κ3) is 3.14. The second-order valence-corrected chi connectivity index (χ2v) is 5.56. The Balaban J connectivity index is 1.71. The summed E-state index contributed by atoms with van der Waals surface area (Å²) in [5, 5.41) is 10.9. The maximum absolute atomic E-state index is 9.76. The lowest BCUT2D eigenvalue weighted by molar-refractivity contribution is 0.106. The Kier molecular flexibility index (Phi) is 4.31. The molecule has 2 heterocycles. The van der Waals surface area contributed by atoms with E-state index in [1.54, 1.807) is 6.33 Å². The number of benzene rings is 1. The van der Waals surface area contributed by atoms with E-state index in [0.717, 1.165) is 55.9 Å². The summed E-state index contributed by atoms with van der Waals surface area (Å²) in [6.07, 6.45) is 2.25. The van der Waals surface area contributed by atoms with Crippen LogP contribution >= 0.6 is 0 Å². The summed E-state index contributed by atoms with van der Waals surface area (Å²) in [7, 11) is 0. The van der Waals surface area contributed by atoms with Gasteiger partial charge in [0, 0.05) is 38.1 Å². The molecule has 5 nitrogen and oxygen atoms in total. The first-order valence-electron chi connectivity index (χ1n) is 7.63. The minimum Gasteiger partial charge on any atom is -0.392 e. The van der Waals surface area contributed by atoms with Crippen LogP contribution < -0.4 is 4.90 Å². The van der Waals surface area contributed by atoms with Gasteiger partial charge in [-0.2, -0.15) is 0 Å². The Labute approximate surface area is 125 Å². The first kappa shape index (κ1) is 14.2. The zero-order valence-corrected chi connectivity index (χ0v) is 12.4. The minimum atomic E-state index is -0.212. The summed E-state index contributed by atoms with van der Waals surface area (Å²) in [5.41, 5.74) is 0.992. The molecule has 0 amide bonds. The molecule has 1 fully saturated rings. The molecule has 1 saturated heterocycles. The van der Waals surface area contributed by atoms with Gasteiger partial charge in [0.2, 0.25) is 0 Å². The SMILES string of the molecule is CCC(O)CN1CCN(c2ncnc3ccccc23)CC1. The van der Waals surface area contributed by atoms with Crippen molar-refractivity contribution in [2.75, 3.05) is 37.6 Å². The second-order valence-electron chi connectivity index (χ2n) is 5.56. The number of fused-ring (bicyclic) bond motifs is 1. The highest BCUT2D eigenvalue weighted by Gasteiger charge is 2.20. The number of aliphatic hydroxyl groups is 1. The highest BCUT2D eigenvalue weighted by Crippen LogP contribution is 2.23. The quantitative estimate of drug-likeness (QED) is 0.923. The van der Waals surface area contributed by atoms with Crippen LogP contribution in [-0.4, -0.2) is 58.8 Å². The van der Waals surface area contributed by atoms with Crippen molar-refractivity contribution in [2.45, 2.75) is 19.4 Å². The van der Waals surface area contributed by atoms with Gasteiger partial charge in [-0.15, -0.1) is 0 Å². The molecule has 1 atom stereocenters. The zero-order valence-electron chi connectivity index (χ0n) is 12.4. The van der Waals surface area contributed by atoms with Gasteiger partial charge in [0.25, 0.3) is 0 Å². The summed E-state index contributed by atoms with van der Waals surface area (Å²) in [6.45, 7) is 6.61. The third-order valence-corrected chi connectivity index (χ3v) is 4.13. The van der Waals surface area contributed by atoms with Crippen LogP contribution in [0.5, 0.6) is 0 Å². The molecule has 1 unspecified atom stereocenters. The van der Waals surface area contributed by atoms with Crippen LogP contribution in [0.15, 0.2) is 30.6 Å². The lowest BCUT2D eigenvalue weighted by atomic mass is 10.2. The van der Waals surface area contributed by atoms with Crippen molar-refractivity contribution < 1.29 is 5.11 Å². The van der Waals surface area contributed by atoms with E-state index in [1.807, 2.05) is 25.1 Å². The van der Waals surface area contributed by atoms with E-state index in [4.69, 9.17) is 0 Å². The first-order valence-corrected chi connectivity index (χ1v) is 7.63. The minimum absolute atomic E-state index is 0.212. The molecule has 112 valence electrons. The van der Waals surface area contributed by atoms with Gasteiger partial charge in [-0.3, -0.25) is 4.90 Å². The van der Waals surface area contributed by atoms with Crippen molar-refractivity contribution in [3.63, 3.8) is 0 Å². The lowest BCUT2D eigenvalue weighted by Crippen LogP contribution is -2.48. The number of aromatic nitrogens is 2. The standard InChI is InChI=1S/C16H22N4O/c1-2-13(21)11-19-7-9-20(10-8-19)16-14-5-3-4-6-15(14)17-12-18-16/h3-6,12-13,21H,2,7-11H2,1H3. The van der Waals surface area contributed by atoms with E-state index < -0.39 is 0 Å². The van der Waals surface area contributed by atoms with E-state index in [2.05, 4.69) is 25.8 Å². The number of aliphatic hydroxyl groups excluding tert-OH is 1. The highest BCUT2D eigenvalue weighted by atomic mass is 16.3. The Morgan fingerprint density at radius 3 is 2.67 bits per heavy atom. The van der Waals surface area contributed by atoms with Crippen molar-refractivity contribution in [1.29, 1.82) is 0 Å². The van der Waals surface area contributed by atoms with E-state index in [1.165, 1.54) is 0 Å². The summed E-state index contributed by atoms with van der Waals surface area (Å²) in [4.78, 5) is 13.4. The fraction of sp³-hybridized carbons (Fsp3) is 0.500. The summed E-state index contributed by atoms with van der Waals surface area (Å²) in [6, 6.07) is 8.14. The van der Waals surface area contributed by atoms with Gasteiger partial charge in [-0.1, -0.05) is 19.1 Å². The fourth-order valence-electron chi connectivity index (χ4n) is 2.81. The molecular weight excluding hydrogens is 264 g/mol. The molecule has 1 aliphatic heterocycles. The zero-order chi connectivity index (χ0) is 14.7. The Hall–Kier alpha value is -1.72. The maximum Gasteiger partial charge on any atom is 0.139 e. The Morgan fingerprint density at radius 2 is 1.90 bits per heavy atom. The molecule has 1 N–H and O–H groups in total. The molecule has 0 spiro atoms. The monoisotopic (exact) mass is 286 g/mol. The van der Waals surface area contributed by atoms with Crippen LogP contribution in [0.3, 0.4) is 0 Å². The maximum atomic E-state index is 9.76. The van der Waals surface area contributed by atoms with Gasteiger partial charge in [-0.05, 0) is 18.6 Å². The number of hydrogen-bond acceptors (Lipinski definition) is 5. The van der Waals surface area contributed by atoms with Gasteiger partial charge in [-0.25, -0.2) is 9.97 Å². The molecular formula is C16H22N4O. The van der Waals surface area contributed by atoms with Crippen molar-refractivity contribution in [2.24, 2.45) is 0 Å². The molecule has 0 saturated carbocycles. The average molecular weight is 286 g/mol.